The van der Waals surface area contributed by atoms with Gasteiger partial charge in [0.15, 0.2) is 0 Å². The maximum absolute atomic E-state index is 3.78. The fourth-order valence-electron chi connectivity index (χ4n) is 2.00. The lowest BCUT2D eigenvalue weighted by Crippen LogP contribution is -1.88. The third-order valence-electron chi connectivity index (χ3n) is 3.12. The van der Waals surface area contributed by atoms with E-state index in [1.54, 1.807) is 0 Å². The highest BCUT2D eigenvalue weighted by Gasteiger charge is 2.10. The Morgan fingerprint density at radius 1 is 0.889 bits per heavy atom. The topological polar surface area (TPSA) is 0 Å². The molecule has 2 aromatic rings. The highest BCUT2D eigenvalue weighted by Crippen LogP contribution is 2.56. The van der Waals surface area contributed by atoms with Gasteiger partial charge in [0.05, 0.1) is 0 Å². The van der Waals surface area contributed by atoms with Gasteiger partial charge in [-0.1, -0.05) is 35.9 Å². The molecule has 2 heteroatoms. The lowest BCUT2D eigenvalue weighted by Gasteiger charge is -2.23. The van der Waals surface area contributed by atoms with Gasteiger partial charge in [-0.3, -0.25) is 0 Å². The predicted octanol–water partition coefficient (Wildman–Crippen LogP) is 5.70. The van der Waals surface area contributed by atoms with Crippen molar-refractivity contribution in [1.82, 2.24) is 0 Å². The van der Waals surface area contributed by atoms with Crippen molar-refractivity contribution in [3.05, 3.63) is 53.6 Å². The van der Waals surface area contributed by atoms with Gasteiger partial charge >= 0.3 is 0 Å². The molecule has 0 spiro atoms. The van der Waals surface area contributed by atoms with Crippen molar-refractivity contribution in [3.8, 4) is 11.1 Å². The Labute approximate surface area is 119 Å². The fourth-order valence-corrected chi connectivity index (χ4v) is 3.44. The standard InChI is InChI=1S/C16H19BrS/c1-12-5-6-13(2)16(11-12)14-7-9-15(10-8-14)18(3,4)17/h5-11H,1-4H3. The van der Waals surface area contributed by atoms with Gasteiger partial charge < -0.3 is 0 Å². The molecule has 0 saturated heterocycles. The molecule has 2 aromatic carbocycles. The first kappa shape index (κ1) is 13.7. The summed E-state index contributed by atoms with van der Waals surface area (Å²) in [4.78, 5) is 1.39. The van der Waals surface area contributed by atoms with E-state index in [2.05, 4.69) is 83.6 Å². The number of halogens is 1. The molecule has 0 saturated carbocycles. The molecule has 0 atom stereocenters. The number of hydrogen-bond donors (Lipinski definition) is 0. The van der Waals surface area contributed by atoms with Crippen molar-refractivity contribution >= 4 is 23.3 Å². The van der Waals surface area contributed by atoms with E-state index in [4.69, 9.17) is 0 Å². The van der Waals surface area contributed by atoms with Crippen LogP contribution in [0.4, 0.5) is 0 Å². The summed E-state index contributed by atoms with van der Waals surface area (Å²) in [5, 5.41) is 0. The molecular formula is C16H19BrS. The minimum absolute atomic E-state index is 0.808. The van der Waals surface area contributed by atoms with Crippen LogP contribution in [0.5, 0.6) is 0 Å². The van der Waals surface area contributed by atoms with Crippen molar-refractivity contribution in [2.45, 2.75) is 18.7 Å². The molecule has 0 aliphatic rings. The summed E-state index contributed by atoms with van der Waals surface area (Å²) in [6.45, 7) is 4.31. The molecule has 0 aliphatic heterocycles. The van der Waals surface area contributed by atoms with Crippen LogP contribution in [0.15, 0.2) is 47.4 Å². The van der Waals surface area contributed by atoms with E-state index < -0.39 is 8.46 Å². The SMILES string of the molecule is Cc1ccc(C)c(-c2ccc(S(C)(C)Br)cc2)c1. The second kappa shape index (κ2) is 5.10. The smallest absolute Gasteiger partial charge is 0.00110 e. The minimum Gasteiger partial charge on any atom is -0.162 e. The van der Waals surface area contributed by atoms with Gasteiger partial charge in [0, 0.05) is 0 Å². The molecule has 0 bridgehead atoms. The third-order valence-corrected chi connectivity index (χ3v) is 5.63. The number of benzene rings is 2. The summed E-state index contributed by atoms with van der Waals surface area (Å²) >= 11 is 3.78. The van der Waals surface area contributed by atoms with Crippen molar-refractivity contribution in [2.75, 3.05) is 12.5 Å². The van der Waals surface area contributed by atoms with Crippen molar-refractivity contribution in [1.29, 1.82) is 0 Å². The first-order valence-corrected chi connectivity index (χ1v) is 10.3. The summed E-state index contributed by atoms with van der Waals surface area (Å²) in [5.74, 6) is 0. The Hall–Kier alpha value is -0.730. The van der Waals surface area contributed by atoms with Crippen LogP contribution in [-0.4, -0.2) is 12.5 Å². The van der Waals surface area contributed by atoms with Crippen molar-refractivity contribution in [2.24, 2.45) is 0 Å². The molecule has 0 aromatic heterocycles. The first-order valence-electron chi connectivity index (χ1n) is 5.98. The van der Waals surface area contributed by atoms with E-state index in [9.17, 15) is 0 Å². The lowest BCUT2D eigenvalue weighted by molar-refractivity contribution is 1.38. The fraction of sp³-hybridized carbons (Fsp3) is 0.250. The van der Waals surface area contributed by atoms with Gasteiger partial charge in [-0.2, -0.15) is 8.46 Å². The molecule has 2 rings (SSSR count). The van der Waals surface area contributed by atoms with Crippen LogP contribution in [0.2, 0.25) is 0 Å². The van der Waals surface area contributed by atoms with Gasteiger partial charge in [0.2, 0.25) is 0 Å². The van der Waals surface area contributed by atoms with Crippen LogP contribution in [0, 0.1) is 13.8 Å². The zero-order valence-electron chi connectivity index (χ0n) is 11.3. The second-order valence-electron chi connectivity index (χ2n) is 5.05. The molecule has 0 heterocycles. The molecular weight excluding hydrogens is 304 g/mol. The predicted molar refractivity (Wildman–Crippen MR) is 88.0 cm³/mol. The van der Waals surface area contributed by atoms with Crippen LogP contribution in [0.25, 0.3) is 11.1 Å². The Morgan fingerprint density at radius 3 is 2.06 bits per heavy atom. The first-order chi connectivity index (χ1) is 8.38. The van der Waals surface area contributed by atoms with Crippen molar-refractivity contribution < 1.29 is 0 Å². The average Bonchev–Trinajstić information content (AvgIpc) is 2.31. The number of aryl methyl sites for hydroxylation is 2. The normalized spacial score (nSPS) is 12.5. The van der Waals surface area contributed by atoms with Gasteiger partial charge in [0.1, 0.15) is 0 Å². The molecule has 0 radical (unpaired) electrons. The van der Waals surface area contributed by atoms with E-state index >= 15 is 0 Å². The van der Waals surface area contributed by atoms with E-state index in [0.717, 1.165) is 0 Å². The Bertz CT molecular complexity index is 550. The van der Waals surface area contributed by atoms with Gasteiger partial charge in [-0.15, -0.1) is 0 Å². The monoisotopic (exact) mass is 322 g/mol. The van der Waals surface area contributed by atoms with Crippen LogP contribution < -0.4 is 0 Å². The summed E-state index contributed by atoms with van der Waals surface area (Å²) in [7, 11) is -0.808. The van der Waals surface area contributed by atoms with Gasteiger partial charge in [-0.25, -0.2) is 0 Å². The Kier molecular flexibility index (Phi) is 3.88. The maximum atomic E-state index is 3.78. The largest absolute Gasteiger partial charge is 0.162 e. The average molecular weight is 323 g/mol. The highest BCUT2D eigenvalue weighted by molar-refractivity contribution is 9.58. The van der Waals surface area contributed by atoms with Gasteiger partial charge in [0.25, 0.3) is 0 Å². The lowest BCUT2D eigenvalue weighted by atomic mass is 9.99. The zero-order valence-corrected chi connectivity index (χ0v) is 13.7. The van der Waals surface area contributed by atoms with E-state index in [-0.39, 0.29) is 0 Å². The summed E-state index contributed by atoms with van der Waals surface area (Å²) < 4.78 is 0. The van der Waals surface area contributed by atoms with Crippen LogP contribution in [0.3, 0.4) is 0 Å². The van der Waals surface area contributed by atoms with E-state index in [0.29, 0.717) is 0 Å². The quantitative estimate of drug-likeness (QED) is 0.664. The zero-order chi connectivity index (χ0) is 13.3. The second-order valence-corrected chi connectivity index (χ2v) is 12.8. The van der Waals surface area contributed by atoms with Crippen LogP contribution in [0.1, 0.15) is 11.1 Å². The van der Waals surface area contributed by atoms with Gasteiger partial charge in [-0.05, 0) is 74.9 Å². The summed E-state index contributed by atoms with van der Waals surface area (Å²) in [6, 6.07) is 15.6. The third kappa shape index (κ3) is 2.99. The van der Waals surface area contributed by atoms with Crippen LogP contribution in [-0.2, 0) is 0 Å². The number of hydrogen-bond acceptors (Lipinski definition) is 0. The summed E-state index contributed by atoms with van der Waals surface area (Å²) in [6.07, 6.45) is 4.50. The van der Waals surface area contributed by atoms with Crippen molar-refractivity contribution in [3.63, 3.8) is 0 Å². The number of rotatable bonds is 2. The molecule has 18 heavy (non-hydrogen) atoms. The molecule has 0 fully saturated rings. The van der Waals surface area contributed by atoms with E-state index in [1.165, 1.54) is 27.1 Å². The van der Waals surface area contributed by atoms with Crippen LogP contribution >= 0.6 is 23.3 Å². The molecule has 96 valence electrons. The van der Waals surface area contributed by atoms with E-state index in [1.807, 2.05) is 0 Å². The minimum atomic E-state index is -0.808. The maximum Gasteiger partial charge on any atom is -0.00110 e. The Balaban J connectivity index is 2.43. The molecule has 0 nitrogen and oxygen atoms in total. The molecule has 0 aliphatic carbocycles. The highest BCUT2D eigenvalue weighted by atomic mass is 79.9. The molecule has 0 unspecified atom stereocenters. The Morgan fingerprint density at radius 2 is 1.50 bits per heavy atom. The summed E-state index contributed by atoms with van der Waals surface area (Å²) in [5.41, 5.74) is 5.28. The molecule has 0 amide bonds. The molecule has 0 N–H and O–H groups in total.